The van der Waals surface area contributed by atoms with Gasteiger partial charge in [-0.2, -0.15) is 13.2 Å². The Morgan fingerprint density at radius 3 is 1.83 bits per heavy atom. The first-order valence-corrected chi connectivity index (χ1v) is 7.52. The average Bonchev–Trinajstić information content (AvgIpc) is 2.50. The van der Waals surface area contributed by atoms with E-state index in [2.05, 4.69) is 4.98 Å². The van der Waals surface area contributed by atoms with Gasteiger partial charge in [-0.1, -0.05) is 58.0 Å². The monoisotopic (exact) mass is 421 g/mol. The number of alkyl halides is 3. The molecule has 0 saturated heterocycles. The quantitative estimate of drug-likeness (QED) is 0.300. The lowest BCUT2D eigenvalue weighted by atomic mass is 10.1. The lowest BCUT2D eigenvalue weighted by Gasteiger charge is -2.14. The molecule has 0 fully saturated rings. The summed E-state index contributed by atoms with van der Waals surface area (Å²) in [6.07, 6.45) is -4.18. The second-order valence-corrected chi connectivity index (χ2v) is 6.11. The summed E-state index contributed by atoms with van der Waals surface area (Å²) in [4.78, 5) is 14.6. The number of hydrogen-bond acceptors (Lipinski definition) is 2. The third kappa shape index (κ3) is 3.39. The van der Waals surface area contributed by atoms with E-state index in [4.69, 9.17) is 58.0 Å². The Morgan fingerprint density at radius 2 is 1.39 bits per heavy atom. The van der Waals surface area contributed by atoms with Crippen LogP contribution in [0.15, 0.2) is 12.3 Å². The van der Waals surface area contributed by atoms with Crippen LogP contribution in [-0.4, -0.2) is 11.3 Å². The Morgan fingerprint density at radius 1 is 0.913 bits per heavy atom. The maximum atomic E-state index is 12.8. The zero-order chi connectivity index (χ0) is 17.5. The molecule has 10 heteroatoms. The van der Waals surface area contributed by atoms with Crippen molar-refractivity contribution in [1.82, 2.24) is 4.98 Å². The van der Waals surface area contributed by atoms with E-state index in [-0.39, 0.29) is 42.7 Å². The van der Waals surface area contributed by atoms with Crippen LogP contribution in [0.1, 0.15) is 15.9 Å². The topological polar surface area (TPSA) is 30.0 Å². The molecule has 23 heavy (non-hydrogen) atoms. The first-order valence-electron chi connectivity index (χ1n) is 5.63. The lowest BCUT2D eigenvalue weighted by molar-refractivity contribution is -0.138. The van der Waals surface area contributed by atoms with E-state index in [1.807, 2.05) is 0 Å². The van der Waals surface area contributed by atoms with Crippen molar-refractivity contribution >= 4 is 64.3 Å². The van der Waals surface area contributed by atoms with Crippen LogP contribution in [-0.2, 0) is 6.18 Å². The van der Waals surface area contributed by atoms with E-state index in [1.54, 1.807) is 0 Å². The van der Waals surface area contributed by atoms with Gasteiger partial charge in [0.25, 0.3) is 0 Å². The van der Waals surface area contributed by atoms with Crippen molar-refractivity contribution in [2.45, 2.75) is 6.18 Å². The van der Waals surface area contributed by atoms with Crippen molar-refractivity contribution in [3.8, 4) is 11.3 Å². The number of aldehydes is 1. The number of pyridine rings is 1. The van der Waals surface area contributed by atoms with Crippen LogP contribution in [0.3, 0.4) is 0 Å². The Balaban J connectivity index is 2.77. The van der Waals surface area contributed by atoms with Crippen molar-refractivity contribution in [3.63, 3.8) is 0 Å². The van der Waals surface area contributed by atoms with Gasteiger partial charge in [0.05, 0.1) is 36.4 Å². The molecular formula is C13H3Cl5F3NO. The van der Waals surface area contributed by atoms with Crippen LogP contribution in [0.4, 0.5) is 13.2 Å². The third-order valence-electron chi connectivity index (χ3n) is 2.83. The highest BCUT2D eigenvalue weighted by molar-refractivity contribution is 6.56. The standard InChI is InChI=1S/C13H3Cl5F3NO/c14-8-7(9(15)11(17)12(18)10(8)16)6-1-4(3-23)5(2-22-6)13(19,20)21/h1-3H. The summed E-state index contributed by atoms with van der Waals surface area (Å²) in [6, 6.07) is 0.892. The van der Waals surface area contributed by atoms with Crippen LogP contribution < -0.4 is 0 Å². The van der Waals surface area contributed by atoms with Gasteiger partial charge < -0.3 is 0 Å². The fourth-order valence-corrected chi connectivity index (χ4v) is 3.10. The first kappa shape index (κ1) is 18.6. The number of nitrogens with zero attached hydrogens (tertiary/aromatic N) is 1. The number of hydrogen-bond donors (Lipinski definition) is 0. The molecule has 1 aromatic heterocycles. The summed E-state index contributed by atoms with van der Waals surface area (Å²) in [5.74, 6) is 0. The minimum atomic E-state index is -4.73. The smallest absolute Gasteiger partial charge is 0.298 e. The van der Waals surface area contributed by atoms with Gasteiger partial charge in [-0.05, 0) is 6.07 Å². The van der Waals surface area contributed by atoms with Gasteiger partial charge in [0.1, 0.15) is 0 Å². The average molecular weight is 423 g/mol. The molecule has 122 valence electrons. The SMILES string of the molecule is O=Cc1cc(-c2c(Cl)c(Cl)c(Cl)c(Cl)c2Cl)ncc1C(F)(F)F. The zero-order valence-corrected chi connectivity index (χ0v) is 14.4. The van der Waals surface area contributed by atoms with Gasteiger partial charge in [0.15, 0.2) is 6.29 Å². The van der Waals surface area contributed by atoms with E-state index in [1.165, 1.54) is 0 Å². The Labute approximate surface area is 153 Å². The molecule has 2 nitrogen and oxygen atoms in total. The van der Waals surface area contributed by atoms with Crippen LogP contribution in [0.5, 0.6) is 0 Å². The van der Waals surface area contributed by atoms with Crippen LogP contribution in [0.25, 0.3) is 11.3 Å². The van der Waals surface area contributed by atoms with Gasteiger partial charge >= 0.3 is 6.18 Å². The molecule has 0 radical (unpaired) electrons. The molecule has 0 aliphatic heterocycles. The number of benzene rings is 1. The van der Waals surface area contributed by atoms with Crippen molar-refractivity contribution in [3.05, 3.63) is 48.5 Å². The van der Waals surface area contributed by atoms with Gasteiger partial charge in [0, 0.05) is 17.3 Å². The van der Waals surface area contributed by atoms with Crippen molar-refractivity contribution in [1.29, 1.82) is 0 Å². The molecule has 0 amide bonds. The van der Waals surface area contributed by atoms with Crippen LogP contribution in [0.2, 0.25) is 25.1 Å². The van der Waals surface area contributed by atoms with Crippen molar-refractivity contribution in [2.24, 2.45) is 0 Å². The molecule has 2 aromatic rings. The molecule has 0 aliphatic rings. The van der Waals surface area contributed by atoms with Gasteiger partial charge in [-0.15, -0.1) is 0 Å². The summed E-state index contributed by atoms with van der Waals surface area (Å²) in [5.41, 5.74) is -1.94. The molecular weight excluding hydrogens is 420 g/mol. The summed E-state index contributed by atoms with van der Waals surface area (Å²) >= 11 is 29.7. The van der Waals surface area contributed by atoms with Crippen molar-refractivity contribution < 1.29 is 18.0 Å². The normalized spacial score (nSPS) is 11.7. The molecule has 0 saturated carbocycles. The number of carbonyl (C=O) groups excluding carboxylic acids is 1. The van der Waals surface area contributed by atoms with E-state index >= 15 is 0 Å². The fourth-order valence-electron chi connectivity index (χ4n) is 1.77. The maximum Gasteiger partial charge on any atom is 0.418 e. The largest absolute Gasteiger partial charge is 0.418 e. The highest BCUT2D eigenvalue weighted by Gasteiger charge is 2.34. The lowest BCUT2D eigenvalue weighted by Crippen LogP contribution is -2.10. The van der Waals surface area contributed by atoms with Gasteiger partial charge in [0.2, 0.25) is 0 Å². The van der Waals surface area contributed by atoms with Gasteiger partial charge in [-0.3, -0.25) is 9.78 Å². The highest BCUT2D eigenvalue weighted by atomic mass is 35.5. The summed E-state index contributed by atoms with van der Waals surface area (Å²) < 4.78 is 38.4. The summed E-state index contributed by atoms with van der Waals surface area (Å²) in [6.45, 7) is 0. The predicted molar refractivity (Wildman–Crippen MR) is 85.1 cm³/mol. The number of aromatic nitrogens is 1. The minimum absolute atomic E-state index is 0.0236. The number of rotatable bonds is 2. The Bertz CT molecular complexity index is 778. The second-order valence-electron chi connectivity index (χ2n) is 4.22. The van der Waals surface area contributed by atoms with E-state index in [0.29, 0.717) is 6.20 Å². The molecule has 0 N–H and O–H groups in total. The number of halogens is 8. The Kier molecular flexibility index (Phi) is 5.38. The minimum Gasteiger partial charge on any atom is -0.298 e. The molecule has 0 atom stereocenters. The zero-order valence-electron chi connectivity index (χ0n) is 10.6. The summed E-state index contributed by atoms with van der Waals surface area (Å²) in [7, 11) is 0. The van der Waals surface area contributed by atoms with E-state index < -0.39 is 17.3 Å². The number of carbonyl (C=O) groups is 1. The van der Waals surface area contributed by atoms with Crippen LogP contribution >= 0.6 is 58.0 Å². The maximum absolute atomic E-state index is 12.8. The Hall–Kier alpha value is -0.720. The van der Waals surface area contributed by atoms with Crippen LogP contribution in [0, 0.1) is 0 Å². The van der Waals surface area contributed by atoms with Crippen molar-refractivity contribution in [2.75, 3.05) is 0 Å². The molecule has 0 aliphatic carbocycles. The molecule has 1 aromatic carbocycles. The van der Waals surface area contributed by atoms with E-state index in [0.717, 1.165) is 6.07 Å². The predicted octanol–water partition coefficient (Wildman–Crippen LogP) is 6.85. The third-order valence-corrected chi connectivity index (χ3v) is 5.11. The molecule has 0 spiro atoms. The molecule has 2 rings (SSSR count). The molecule has 0 bridgehead atoms. The van der Waals surface area contributed by atoms with E-state index in [9.17, 15) is 18.0 Å². The molecule has 0 unspecified atom stereocenters. The highest BCUT2D eigenvalue weighted by Crippen LogP contribution is 2.48. The first-order chi connectivity index (χ1) is 10.6. The second kappa shape index (κ2) is 6.65. The fraction of sp³-hybridized carbons (Fsp3) is 0.0769. The molecule has 1 heterocycles. The van der Waals surface area contributed by atoms with Gasteiger partial charge in [-0.25, -0.2) is 0 Å². The summed E-state index contributed by atoms with van der Waals surface area (Å²) in [5, 5.41) is -0.654.